The van der Waals surface area contributed by atoms with Crippen molar-refractivity contribution in [3.8, 4) is 5.75 Å². The van der Waals surface area contributed by atoms with E-state index in [-0.39, 0.29) is 12.2 Å². The van der Waals surface area contributed by atoms with Gasteiger partial charge in [0.1, 0.15) is 11.6 Å². The van der Waals surface area contributed by atoms with Gasteiger partial charge in [-0.25, -0.2) is 4.39 Å². The number of nitrogens with one attached hydrogen (secondary N) is 2. The first-order valence-electron chi connectivity index (χ1n) is 8.07. The highest BCUT2D eigenvalue weighted by Crippen LogP contribution is 2.34. The molecule has 0 saturated heterocycles. The summed E-state index contributed by atoms with van der Waals surface area (Å²) in [6, 6.07) is 8.13. The third kappa shape index (κ3) is 4.25. The Hall–Kier alpha value is -1.91. The van der Waals surface area contributed by atoms with E-state index in [1.54, 1.807) is 24.3 Å². The van der Waals surface area contributed by atoms with E-state index in [1.165, 1.54) is 6.07 Å². The molecule has 0 radical (unpaired) electrons. The van der Waals surface area contributed by atoms with Gasteiger partial charge in [0.25, 0.3) is 5.91 Å². The second-order valence-corrected chi connectivity index (χ2v) is 7.15. The molecule has 0 unspecified atom stereocenters. The van der Waals surface area contributed by atoms with Gasteiger partial charge < -0.3 is 25.6 Å². The minimum Gasteiger partial charge on any atom is -0.493 e. The molecule has 3 rings (SSSR count). The van der Waals surface area contributed by atoms with Crippen LogP contribution in [0.15, 0.2) is 30.3 Å². The molecular formula is C18H18FIN2O4. The lowest BCUT2D eigenvalue weighted by atomic mass is 10.0. The highest BCUT2D eigenvalue weighted by atomic mass is 127. The maximum atomic E-state index is 14.2. The number of carbonyl (C=O) groups is 1. The van der Waals surface area contributed by atoms with Crippen LogP contribution in [0.3, 0.4) is 0 Å². The van der Waals surface area contributed by atoms with Crippen molar-refractivity contribution in [2.24, 2.45) is 0 Å². The summed E-state index contributed by atoms with van der Waals surface area (Å²) in [7, 11) is 0. The number of carbonyl (C=O) groups excluding carboxylic acids is 1. The fourth-order valence-electron chi connectivity index (χ4n) is 2.62. The molecule has 8 heteroatoms. The molecule has 26 heavy (non-hydrogen) atoms. The van der Waals surface area contributed by atoms with Crippen molar-refractivity contribution in [3.05, 3.63) is 50.8 Å². The van der Waals surface area contributed by atoms with Gasteiger partial charge in [-0.05, 0) is 52.4 Å². The minimum absolute atomic E-state index is 0.0831. The van der Waals surface area contributed by atoms with Gasteiger partial charge in [-0.3, -0.25) is 4.79 Å². The number of fused-ring (bicyclic) bond motifs is 1. The molecule has 1 amide bonds. The molecule has 0 bridgehead atoms. The Balaban J connectivity index is 1.91. The predicted molar refractivity (Wildman–Crippen MR) is 103 cm³/mol. The molecule has 138 valence electrons. The monoisotopic (exact) mass is 472 g/mol. The SMILES string of the molecule is O=C(NC[C@H](O)CO)c1cc2c(cc1Nc1ccc(I)cc1F)OCC2. The summed E-state index contributed by atoms with van der Waals surface area (Å²) in [4.78, 5) is 12.5. The summed E-state index contributed by atoms with van der Waals surface area (Å²) in [5.41, 5.74) is 1.86. The number of halogens is 2. The first-order valence-corrected chi connectivity index (χ1v) is 9.14. The number of rotatable bonds is 6. The van der Waals surface area contributed by atoms with Crippen LogP contribution in [0.4, 0.5) is 15.8 Å². The predicted octanol–water partition coefficient (Wildman–Crippen LogP) is 2.19. The van der Waals surface area contributed by atoms with Gasteiger partial charge in [0.05, 0.1) is 36.3 Å². The first kappa shape index (κ1) is 18.9. The van der Waals surface area contributed by atoms with Crippen molar-refractivity contribution in [1.82, 2.24) is 5.32 Å². The molecule has 2 aromatic rings. The molecule has 0 fully saturated rings. The first-order chi connectivity index (χ1) is 12.5. The van der Waals surface area contributed by atoms with Crippen molar-refractivity contribution >= 4 is 39.9 Å². The van der Waals surface area contributed by atoms with E-state index >= 15 is 0 Å². The molecule has 1 atom stereocenters. The molecule has 1 aliphatic rings. The second-order valence-electron chi connectivity index (χ2n) is 5.90. The van der Waals surface area contributed by atoms with Crippen molar-refractivity contribution < 1.29 is 24.1 Å². The second kappa shape index (κ2) is 8.19. The lowest BCUT2D eigenvalue weighted by Gasteiger charge is -2.16. The van der Waals surface area contributed by atoms with E-state index in [1.807, 2.05) is 22.6 Å². The van der Waals surface area contributed by atoms with Gasteiger partial charge in [0, 0.05) is 22.6 Å². The molecule has 6 nitrogen and oxygen atoms in total. The fraction of sp³-hybridized carbons (Fsp3) is 0.278. The molecule has 1 aliphatic heterocycles. The molecule has 1 heterocycles. The summed E-state index contributed by atoms with van der Waals surface area (Å²) >= 11 is 2.02. The third-order valence-corrected chi connectivity index (χ3v) is 4.65. The summed E-state index contributed by atoms with van der Waals surface area (Å²) in [6.07, 6.45) is -0.352. The molecule has 2 aromatic carbocycles. The van der Waals surface area contributed by atoms with Gasteiger partial charge >= 0.3 is 0 Å². The van der Waals surface area contributed by atoms with E-state index in [9.17, 15) is 14.3 Å². The highest BCUT2D eigenvalue weighted by Gasteiger charge is 2.21. The zero-order valence-corrected chi connectivity index (χ0v) is 15.9. The number of ether oxygens (including phenoxy) is 1. The topological polar surface area (TPSA) is 90.8 Å². The zero-order valence-electron chi connectivity index (χ0n) is 13.8. The molecule has 0 aromatic heterocycles. The van der Waals surface area contributed by atoms with Crippen LogP contribution in [-0.4, -0.2) is 42.0 Å². The molecule has 0 aliphatic carbocycles. The zero-order chi connectivity index (χ0) is 18.7. The third-order valence-electron chi connectivity index (χ3n) is 3.98. The maximum absolute atomic E-state index is 14.2. The van der Waals surface area contributed by atoms with Crippen molar-refractivity contribution in [3.63, 3.8) is 0 Å². The number of aliphatic hydroxyl groups is 2. The Morgan fingerprint density at radius 3 is 2.85 bits per heavy atom. The number of anilines is 2. The number of hydrogen-bond acceptors (Lipinski definition) is 5. The molecule has 0 saturated carbocycles. The Morgan fingerprint density at radius 2 is 2.12 bits per heavy atom. The van der Waals surface area contributed by atoms with Crippen LogP contribution < -0.4 is 15.4 Å². The largest absolute Gasteiger partial charge is 0.493 e. The van der Waals surface area contributed by atoms with Crippen molar-refractivity contribution in [1.29, 1.82) is 0 Å². The minimum atomic E-state index is -1.04. The van der Waals surface area contributed by atoms with Crippen molar-refractivity contribution in [2.75, 3.05) is 25.1 Å². The number of benzene rings is 2. The van der Waals surface area contributed by atoms with Gasteiger partial charge in [-0.1, -0.05) is 0 Å². The Labute approximate surface area is 163 Å². The van der Waals surface area contributed by atoms with Crippen LogP contribution in [0, 0.1) is 9.39 Å². The van der Waals surface area contributed by atoms with E-state index < -0.39 is 24.4 Å². The van der Waals surface area contributed by atoms with E-state index in [0.29, 0.717) is 30.0 Å². The summed E-state index contributed by atoms with van der Waals surface area (Å²) in [5, 5.41) is 23.8. The van der Waals surface area contributed by atoms with Gasteiger partial charge in [0.15, 0.2) is 0 Å². The van der Waals surface area contributed by atoms with Gasteiger partial charge in [0.2, 0.25) is 0 Å². The van der Waals surface area contributed by atoms with Crippen LogP contribution in [0.25, 0.3) is 0 Å². The molecule has 0 spiro atoms. The Bertz CT molecular complexity index is 831. The van der Waals surface area contributed by atoms with Crippen LogP contribution >= 0.6 is 22.6 Å². The highest BCUT2D eigenvalue weighted by molar-refractivity contribution is 14.1. The van der Waals surface area contributed by atoms with Crippen LogP contribution in [0.1, 0.15) is 15.9 Å². The normalized spacial score (nSPS) is 13.7. The lowest BCUT2D eigenvalue weighted by Crippen LogP contribution is -2.34. The van der Waals surface area contributed by atoms with Gasteiger partial charge in [-0.15, -0.1) is 0 Å². The number of amides is 1. The fourth-order valence-corrected chi connectivity index (χ4v) is 3.08. The molecule has 4 N–H and O–H groups in total. The smallest absolute Gasteiger partial charge is 0.253 e. The average molecular weight is 472 g/mol. The number of hydrogen-bond donors (Lipinski definition) is 4. The summed E-state index contributed by atoms with van der Waals surface area (Å²) in [6.45, 7) is -0.00149. The van der Waals surface area contributed by atoms with E-state index in [2.05, 4.69) is 10.6 Å². The standard InChI is InChI=1S/C18H18FIN2O4/c19-14-6-11(20)1-2-15(14)22-16-7-17-10(3-4-26-17)5-13(16)18(25)21-8-12(24)9-23/h1-2,5-7,12,22-24H,3-4,8-9H2,(H,21,25)/t12-/m0/s1. The van der Waals surface area contributed by atoms with Crippen LogP contribution in [-0.2, 0) is 6.42 Å². The summed E-state index contributed by atoms with van der Waals surface area (Å²) < 4.78 is 20.5. The molecular weight excluding hydrogens is 454 g/mol. The van der Waals surface area contributed by atoms with Crippen molar-refractivity contribution in [2.45, 2.75) is 12.5 Å². The Morgan fingerprint density at radius 1 is 1.31 bits per heavy atom. The Kier molecular flexibility index (Phi) is 5.94. The maximum Gasteiger partial charge on any atom is 0.253 e. The lowest BCUT2D eigenvalue weighted by molar-refractivity contribution is 0.0802. The number of aliphatic hydroxyl groups excluding tert-OH is 2. The van der Waals surface area contributed by atoms with Gasteiger partial charge in [-0.2, -0.15) is 0 Å². The average Bonchev–Trinajstić information content (AvgIpc) is 3.08. The van der Waals surface area contributed by atoms with Crippen LogP contribution in [0.2, 0.25) is 0 Å². The summed E-state index contributed by atoms with van der Waals surface area (Å²) in [5.74, 6) is -0.202. The van der Waals surface area contributed by atoms with E-state index in [0.717, 1.165) is 9.13 Å². The van der Waals surface area contributed by atoms with Crippen LogP contribution in [0.5, 0.6) is 5.75 Å². The van der Waals surface area contributed by atoms with E-state index in [4.69, 9.17) is 9.84 Å². The quantitative estimate of drug-likeness (QED) is 0.485.